The van der Waals surface area contributed by atoms with E-state index in [2.05, 4.69) is 45.1 Å². The van der Waals surface area contributed by atoms with Crippen LogP contribution in [0.4, 0.5) is 0 Å². The molecule has 0 aromatic heterocycles. The van der Waals surface area contributed by atoms with Crippen molar-refractivity contribution in [1.82, 2.24) is 5.32 Å². The minimum absolute atomic E-state index is 0.166. The van der Waals surface area contributed by atoms with E-state index in [1.807, 2.05) is 18.2 Å². The van der Waals surface area contributed by atoms with Gasteiger partial charge in [-0.3, -0.25) is 4.79 Å². The molecule has 1 amide bonds. The third-order valence-electron chi connectivity index (χ3n) is 3.04. The fraction of sp³-hybridized carbons (Fsp3) is 0.562. The van der Waals surface area contributed by atoms with Gasteiger partial charge in [-0.1, -0.05) is 58.0 Å². The van der Waals surface area contributed by atoms with Gasteiger partial charge in [-0.15, -0.1) is 0 Å². The van der Waals surface area contributed by atoms with Gasteiger partial charge in [0, 0.05) is 12.5 Å². The van der Waals surface area contributed by atoms with E-state index in [1.165, 1.54) is 5.56 Å². The molecule has 0 bridgehead atoms. The number of rotatable bonds is 6. The van der Waals surface area contributed by atoms with Gasteiger partial charge >= 0.3 is 0 Å². The highest BCUT2D eigenvalue weighted by Gasteiger charge is 2.17. The summed E-state index contributed by atoms with van der Waals surface area (Å²) in [7, 11) is 0. The van der Waals surface area contributed by atoms with Crippen LogP contribution < -0.4 is 5.32 Å². The lowest BCUT2D eigenvalue weighted by atomic mass is 9.96. The number of nitrogens with one attached hydrogen (secondary N) is 1. The van der Waals surface area contributed by atoms with Crippen molar-refractivity contribution in [2.24, 2.45) is 11.8 Å². The SMILES string of the molecule is CC(C)CC(=O)NC(Cc1ccccc1)C(C)C. The van der Waals surface area contributed by atoms with Crippen LogP contribution in [0.2, 0.25) is 0 Å². The molecule has 2 nitrogen and oxygen atoms in total. The third-order valence-corrected chi connectivity index (χ3v) is 3.04. The maximum Gasteiger partial charge on any atom is 0.220 e. The van der Waals surface area contributed by atoms with E-state index in [4.69, 9.17) is 0 Å². The molecule has 1 atom stereocenters. The molecule has 2 heteroatoms. The molecule has 1 N–H and O–H groups in total. The van der Waals surface area contributed by atoms with Crippen LogP contribution >= 0.6 is 0 Å². The zero-order valence-electron chi connectivity index (χ0n) is 11.9. The summed E-state index contributed by atoms with van der Waals surface area (Å²) in [6, 6.07) is 10.6. The maximum absolute atomic E-state index is 11.8. The highest BCUT2D eigenvalue weighted by molar-refractivity contribution is 5.76. The van der Waals surface area contributed by atoms with Crippen molar-refractivity contribution in [1.29, 1.82) is 0 Å². The Morgan fingerprint density at radius 2 is 1.72 bits per heavy atom. The Balaban J connectivity index is 2.58. The van der Waals surface area contributed by atoms with Gasteiger partial charge in [0.1, 0.15) is 0 Å². The summed E-state index contributed by atoms with van der Waals surface area (Å²) in [4.78, 5) is 11.8. The molecule has 0 aliphatic heterocycles. The summed E-state index contributed by atoms with van der Waals surface area (Å²) in [6.07, 6.45) is 1.51. The molecule has 1 unspecified atom stereocenters. The van der Waals surface area contributed by atoms with Crippen LogP contribution in [0.1, 0.15) is 39.7 Å². The topological polar surface area (TPSA) is 29.1 Å². The first-order chi connectivity index (χ1) is 8.49. The predicted octanol–water partition coefficient (Wildman–Crippen LogP) is 3.42. The standard InChI is InChI=1S/C16H25NO/c1-12(2)10-16(18)17-15(13(3)4)11-14-8-6-5-7-9-14/h5-9,12-13,15H,10-11H2,1-4H3,(H,17,18). The van der Waals surface area contributed by atoms with Gasteiger partial charge in [-0.2, -0.15) is 0 Å². The molecule has 1 aromatic carbocycles. The van der Waals surface area contributed by atoms with Crippen LogP contribution in [0.25, 0.3) is 0 Å². The molecule has 0 fully saturated rings. The van der Waals surface area contributed by atoms with Crippen molar-refractivity contribution >= 4 is 5.91 Å². The van der Waals surface area contributed by atoms with E-state index < -0.39 is 0 Å². The van der Waals surface area contributed by atoms with Crippen LogP contribution in [-0.2, 0) is 11.2 Å². The molecule has 0 heterocycles. The highest BCUT2D eigenvalue weighted by atomic mass is 16.1. The van der Waals surface area contributed by atoms with E-state index in [1.54, 1.807) is 0 Å². The van der Waals surface area contributed by atoms with Crippen molar-refractivity contribution in [3.8, 4) is 0 Å². The summed E-state index contributed by atoms with van der Waals surface area (Å²) >= 11 is 0. The molecule has 0 saturated carbocycles. The molecule has 0 aliphatic carbocycles. The summed E-state index contributed by atoms with van der Waals surface area (Å²) < 4.78 is 0. The largest absolute Gasteiger partial charge is 0.353 e. The van der Waals surface area contributed by atoms with Crippen LogP contribution in [0.5, 0.6) is 0 Å². The quantitative estimate of drug-likeness (QED) is 0.820. The Hall–Kier alpha value is -1.31. The third kappa shape index (κ3) is 5.35. The highest BCUT2D eigenvalue weighted by Crippen LogP contribution is 2.11. The van der Waals surface area contributed by atoms with Gasteiger partial charge < -0.3 is 5.32 Å². The second-order valence-corrected chi connectivity index (χ2v) is 5.71. The van der Waals surface area contributed by atoms with E-state index >= 15 is 0 Å². The average molecular weight is 247 g/mol. The van der Waals surface area contributed by atoms with E-state index in [-0.39, 0.29) is 11.9 Å². The average Bonchev–Trinajstić information content (AvgIpc) is 2.28. The second-order valence-electron chi connectivity index (χ2n) is 5.71. The molecular formula is C16H25NO. The number of carbonyl (C=O) groups is 1. The number of hydrogen-bond donors (Lipinski definition) is 1. The molecule has 0 spiro atoms. The Morgan fingerprint density at radius 3 is 2.22 bits per heavy atom. The van der Waals surface area contributed by atoms with Gasteiger partial charge in [0.25, 0.3) is 0 Å². The first-order valence-electron chi connectivity index (χ1n) is 6.82. The van der Waals surface area contributed by atoms with Crippen molar-refractivity contribution in [3.05, 3.63) is 35.9 Å². The Morgan fingerprint density at radius 1 is 1.11 bits per heavy atom. The minimum Gasteiger partial charge on any atom is -0.353 e. The van der Waals surface area contributed by atoms with Gasteiger partial charge in [0.15, 0.2) is 0 Å². The normalized spacial score (nSPS) is 12.8. The van der Waals surface area contributed by atoms with Crippen LogP contribution in [0, 0.1) is 11.8 Å². The first kappa shape index (κ1) is 14.7. The fourth-order valence-electron chi connectivity index (χ4n) is 1.96. The van der Waals surface area contributed by atoms with Crippen molar-refractivity contribution in [2.75, 3.05) is 0 Å². The number of carbonyl (C=O) groups excluding carboxylic acids is 1. The van der Waals surface area contributed by atoms with Gasteiger partial charge in [-0.05, 0) is 23.8 Å². The lowest BCUT2D eigenvalue weighted by Crippen LogP contribution is -2.40. The molecule has 100 valence electrons. The lowest BCUT2D eigenvalue weighted by molar-refractivity contribution is -0.122. The Labute approximate surface area is 111 Å². The van der Waals surface area contributed by atoms with Crippen molar-refractivity contribution in [3.63, 3.8) is 0 Å². The van der Waals surface area contributed by atoms with Crippen LogP contribution in [0.15, 0.2) is 30.3 Å². The minimum atomic E-state index is 0.166. The number of hydrogen-bond acceptors (Lipinski definition) is 1. The lowest BCUT2D eigenvalue weighted by Gasteiger charge is -2.23. The summed E-state index contributed by atoms with van der Waals surface area (Å²) in [6.45, 7) is 8.45. The molecule has 0 radical (unpaired) electrons. The summed E-state index contributed by atoms with van der Waals surface area (Å²) in [5.74, 6) is 1.02. The summed E-state index contributed by atoms with van der Waals surface area (Å²) in [5, 5.41) is 3.16. The van der Waals surface area contributed by atoms with Crippen molar-refractivity contribution < 1.29 is 4.79 Å². The molecule has 0 aliphatic rings. The second kappa shape index (κ2) is 7.20. The van der Waals surface area contributed by atoms with Gasteiger partial charge in [0.05, 0.1) is 0 Å². The maximum atomic E-state index is 11.8. The van der Waals surface area contributed by atoms with Crippen LogP contribution in [-0.4, -0.2) is 11.9 Å². The Kier molecular flexibility index (Phi) is 5.90. The van der Waals surface area contributed by atoms with Crippen molar-refractivity contribution in [2.45, 2.75) is 46.6 Å². The molecule has 0 saturated heterocycles. The van der Waals surface area contributed by atoms with E-state index in [0.717, 1.165) is 6.42 Å². The zero-order valence-corrected chi connectivity index (χ0v) is 11.9. The molecule has 1 rings (SSSR count). The van der Waals surface area contributed by atoms with E-state index in [9.17, 15) is 4.79 Å². The monoisotopic (exact) mass is 247 g/mol. The fourth-order valence-corrected chi connectivity index (χ4v) is 1.96. The first-order valence-corrected chi connectivity index (χ1v) is 6.82. The smallest absolute Gasteiger partial charge is 0.220 e. The van der Waals surface area contributed by atoms with Gasteiger partial charge in [-0.25, -0.2) is 0 Å². The summed E-state index contributed by atoms with van der Waals surface area (Å²) in [5.41, 5.74) is 1.28. The zero-order chi connectivity index (χ0) is 13.5. The predicted molar refractivity (Wildman–Crippen MR) is 76.4 cm³/mol. The van der Waals surface area contributed by atoms with Crippen LogP contribution in [0.3, 0.4) is 0 Å². The number of amides is 1. The van der Waals surface area contributed by atoms with E-state index in [0.29, 0.717) is 18.3 Å². The van der Waals surface area contributed by atoms with Gasteiger partial charge in [0.2, 0.25) is 5.91 Å². The molecular weight excluding hydrogens is 222 g/mol. The number of benzene rings is 1. The Bertz CT molecular complexity index is 357. The molecule has 1 aromatic rings. The molecule has 18 heavy (non-hydrogen) atoms.